The van der Waals surface area contributed by atoms with E-state index >= 15 is 0 Å². The van der Waals surface area contributed by atoms with Gasteiger partial charge in [-0.25, -0.2) is 0 Å². The van der Waals surface area contributed by atoms with Crippen molar-refractivity contribution in [2.24, 2.45) is 16.6 Å². The Bertz CT molecular complexity index is 513. The Balaban J connectivity index is 2.54. The number of hydrogen-bond donors (Lipinski definition) is 3. The molecule has 0 saturated heterocycles. The molecule has 2 amide bonds. The molecule has 0 radical (unpaired) electrons. The predicted octanol–water partition coefficient (Wildman–Crippen LogP) is -0.896. The van der Waals surface area contributed by atoms with Gasteiger partial charge in [0.05, 0.1) is 6.54 Å². The maximum Gasteiger partial charge on any atom is 0.260 e. The third kappa shape index (κ3) is 4.48. The van der Waals surface area contributed by atoms with Crippen molar-refractivity contribution in [1.82, 2.24) is 4.90 Å². The Hall–Kier alpha value is -2.77. The number of carbonyl (C=O) groups is 2. The highest BCUT2D eigenvalue weighted by molar-refractivity contribution is 5.97. The van der Waals surface area contributed by atoms with Crippen molar-refractivity contribution in [2.75, 3.05) is 20.2 Å². The lowest BCUT2D eigenvalue weighted by Crippen LogP contribution is -2.38. The average molecular weight is 280 g/mol. The first-order valence-corrected chi connectivity index (χ1v) is 5.67. The van der Waals surface area contributed by atoms with Gasteiger partial charge in [0.25, 0.3) is 5.91 Å². The van der Waals surface area contributed by atoms with Crippen LogP contribution in [0.2, 0.25) is 0 Å². The van der Waals surface area contributed by atoms with Crippen molar-refractivity contribution in [1.29, 1.82) is 0 Å². The van der Waals surface area contributed by atoms with E-state index in [-0.39, 0.29) is 24.9 Å². The van der Waals surface area contributed by atoms with Crippen molar-refractivity contribution >= 4 is 17.6 Å². The molecule has 8 heteroatoms. The van der Waals surface area contributed by atoms with E-state index in [9.17, 15) is 9.59 Å². The van der Waals surface area contributed by atoms with Crippen LogP contribution in [-0.2, 0) is 9.59 Å². The summed E-state index contributed by atoms with van der Waals surface area (Å²) in [4.78, 5) is 23.4. The van der Waals surface area contributed by atoms with Gasteiger partial charge in [0.15, 0.2) is 12.4 Å². The molecule has 1 rings (SSSR count). The van der Waals surface area contributed by atoms with E-state index in [1.807, 2.05) is 0 Å². The van der Waals surface area contributed by atoms with Gasteiger partial charge < -0.3 is 26.3 Å². The van der Waals surface area contributed by atoms with Gasteiger partial charge in [-0.1, -0.05) is 5.16 Å². The van der Waals surface area contributed by atoms with Crippen LogP contribution in [0.25, 0.3) is 0 Å². The molecule has 0 spiro atoms. The molecule has 20 heavy (non-hydrogen) atoms. The monoisotopic (exact) mass is 280 g/mol. The number of likely N-dealkylation sites (N-methyl/N-ethyl adjacent to an activating group) is 1. The lowest BCUT2D eigenvalue weighted by molar-refractivity contribution is -0.135. The molecular formula is C12H16N4O4. The summed E-state index contributed by atoms with van der Waals surface area (Å²) in [5.74, 6) is -0.539. The van der Waals surface area contributed by atoms with Crippen molar-refractivity contribution in [2.45, 2.75) is 0 Å². The summed E-state index contributed by atoms with van der Waals surface area (Å²) in [5, 5.41) is 11.4. The average Bonchev–Trinajstić information content (AvgIpc) is 2.43. The van der Waals surface area contributed by atoms with Crippen LogP contribution in [0.3, 0.4) is 0 Å². The third-order valence-electron chi connectivity index (χ3n) is 2.44. The van der Waals surface area contributed by atoms with Crippen molar-refractivity contribution in [3.8, 4) is 5.75 Å². The van der Waals surface area contributed by atoms with Crippen LogP contribution in [0.5, 0.6) is 5.75 Å². The van der Waals surface area contributed by atoms with Crippen LogP contribution in [0, 0.1) is 0 Å². The smallest absolute Gasteiger partial charge is 0.260 e. The molecule has 1 aromatic rings. The molecule has 0 heterocycles. The number of carbonyl (C=O) groups excluding carboxylic acids is 2. The molecule has 1 aromatic carbocycles. The zero-order valence-corrected chi connectivity index (χ0v) is 10.9. The lowest BCUT2D eigenvalue weighted by atomic mass is 10.2. The van der Waals surface area contributed by atoms with E-state index in [0.29, 0.717) is 11.3 Å². The molecule has 108 valence electrons. The minimum absolute atomic E-state index is 0.0196. The summed E-state index contributed by atoms with van der Waals surface area (Å²) in [6, 6.07) is 6.33. The summed E-state index contributed by atoms with van der Waals surface area (Å²) in [5.41, 5.74) is 10.9. The Morgan fingerprint density at radius 2 is 1.90 bits per heavy atom. The van der Waals surface area contributed by atoms with Gasteiger partial charge in [-0.3, -0.25) is 9.59 Å². The SMILES string of the molecule is CN(CC(N)=O)C(=O)COc1ccc(/C(N)=N/O)cc1. The quantitative estimate of drug-likeness (QED) is 0.269. The second-order valence-electron chi connectivity index (χ2n) is 4.01. The fourth-order valence-corrected chi connectivity index (χ4v) is 1.36. The minimum atomic E-state index is -0.594. The Kier molecular flexibility index (Phi) is 5.33. The van der Waals surface area contributed by atoms with E-state index in [0.717, 1.165) is 0 Å². The topological polar surface area (TPSA) is 131 Å². The van der Waals surface area contributed by atoms with E-state index in [4.69, 9.17) is 21.4 Å². The van der Waals surface area contributed by atoms with Gasteiger partial charge >= 0.3 is 0 Å². The van der Waals surface area contributed by atoms with Crippen LogP contribution >= 0.6 is 0 Å². The van der Waals surface area contributed by atoms with Gasteiger partial charge in [-0.05, 0) is 24.3 Å². The van der Waals surface area contributed by atoms with Crippen molar-refractivity contribution in [3.05, 3.63) is 29.8 Å². The van der Waals surface area contributed by atoms with E-state index in [1.54, 1.807) is 24.3 Å². The summed E-state index contributed by atoms with van der Waals surface area (Å²) in [6.07, 6.45) is 0. The molecule has 0 saturated carbocycles. The molecule has 0 unspecified atom stereocenters. The van der Waals surface area contributed by atoms with E-state index in [2.05, 4.69) is 5.16 Å². The maximum absolute atomic E-state index is 11.6. The Labute approximate surface area is 115 Å². The van der Waals surface area contributed by atoms with Gasteiger partial charge in [0, 0.05) is 12.6 Å². The Morgan fingerprint density at radius 1 is 1.30 bits per heavy atom. The van der Waals surface area contributed by atoms with E-state index in [1.165, 1.54) is 11.9 Å². The number of nitrogens with zero attached hydrogens (tertiary/aromatic N) is 2. The number of rotatable bonds is 6. The summed E-state index contributed by atoms with van der Waals surface area (Å²) >= 11 is 0. The van der Waals surface area contributed by atoms with E-state index < -0.39 is 5.91 Å². The maximum atomic E-state index is 11.6. The highest BCUT2D eigenvalue weighted by Crippen LogP contribution is 2.12. The van der Waals surface area contributed by atoms with Gasteiger partial charge in [0.1, 0.15) is 5.75 Å². The van der Waals surface area contributed by atoms with Crippen molar-refractivity contribution in [3.63, 3.8) is 0 Å². The number of primary amides is 1. The summed E-state index contributed by atoms with van der Waals surface area (Å²) in [6.45, 7) is -0.378. The highest BCUT2D eigenvalue weighted by atomic mass is 16.5. The first kappa shape index (κ1) is 15.3. The lowest BCUT2D eigenvalue weighted by Gasteiger charge is -2.15. The standard InChI is InChI=1S/C12H16N4O4/c1-16(6-10(13)17)11(18)7-20-9-4-2-8(3-5-9)12(14)15-19/h2-5,19H,6-7H2,1H3,(H2,13,17)(H2,14,15). The second kappa shape index (κ2) is 6.98. The fraction of sp³-hybridized carbons (Fsp3) is 0.250. The minimum Gasteiger partial charge on any atom is -0.484 e. The summed E-state index contributed by atoms with van der Waals surface area (Å²) < 4.78 is 5.25. The predicted molar refractivity (Wildman–Crippen MR) is 71.3 cm³/mol. The number of amides is 2. The van der Waals surface area contributed by atoms with Crippen LogP contribution in [0.4, 0.5) is 0 Å². The largest absolute Gasteiger partial charge is 0.484 e. The number of oxime groups is 1. The van der Waals surface area contributed by atoms with Crippen LogP contribution in [-0.4, -0.2) is 48.0 Å². The number of nitrogens with two attached hydrogens (primary N) is 2. The molecule has 0 aromatic heterocycles. The second-order valence-corrected chi connectivity index (χ2v) is 4.01. The molecule has 0 aliphatic carbocycles. The normalized spacial score (nSPS) is 10.9. The molecule has 0 bridgehead atoms. The fourth-order valence-electron chi connectivity index (χ4n) is 1.36. The summed E-state index contributed by atoms with van der Waals surface area (Å²) in [7, 11) is 1.46. The molecule has 0 fully saturated rings. The number of ether oxygens (including phenoxy) is 1. The third-order valence-corrected chi connectivity index (χ3v) is 2.44. The zero-order chi connectivity index (χ0) is 15.1. The first-order valence-electron chi connectivity index (χ1n) is 5.67. The van der Waals surface area contributed by atoms with Crippen molar-refractivity contribution < 1.29 is 19.5 Å². The highest BCUT2D eigenvalue weighted by Gasteiger charge is 2.11. The molecule has 8 nitrogen and oxygen atoms in total. The molecule has 0 aliphatic heterocycles. The zero-order valence-electron chi connectivity index (χ0n) is 10.9. The number of hydrogen-bond acceptors (Lipinski definition) is 5. The van der Waals surface area contributed by atoms with Crippen LogP contribution in [0.1, 0.15) is 5.56 Å². The van der Waals surface area contributed by atoms with Crippen LogP contribution in [0.15, 0.2) is 29.4 Å². The van der Waals surface area contributed by atoms with Gasteiger partial charge in [-0.2, -0.15) is 0 Å². The number of benzene rings is 1. The first-order chi connectivity index (χ1) is 9.43. The molecule has 0 aliphatic rings. The number of amidine groups is 1. The molecule has 0 atom stereocenters. The molecule has 5 N–H and O–H groups in total. The Morgan fingerprint density at radius 3 is 2.40 bits per heavy atom. The van der Waals surface area contributed by atoms with Gasteiger partial charge in [0.2, 0.25) is 5.91 Å². The van der Waals surface area contributed by atoms with Gasteiger partial charge in [-0.15, -0.1) is 0 Å². The molecular weight excluding hydrogens is 264 g/mol. The van der Waals surface area contributed by atoms with Crippen LogP contribution < -0.4 is 16.2 Å².